The molecule has 0 atom stereocenters. The van der Waals surface area contributed by atoms with Crippen LogP contribution in [0, 0.1) is 0 Å². The zero-order valence-electron chi connectivity index (χ0n) is 4.93. The zero-order valence-corrected chi connectivity index (χ0v) is 6.50. The minimum Gasteiger partial charge on any atom is -0.361 e. The fourth-order valence-electron chi connectivity index (χ4n) is 0.650. The number of hydrogen-bond donors (Lipinski definition) is 0. The van der Waals surface area contributed by atoms with Crippen LogP contribution in [0.4, 0.5) is 0 Å². The van der Waals surface area contributed by atoms with Gasteiger partial charge in [-0.25, -0.2) is 8.42 Å². The minimum absolute atomic E-state index is 0.523. The van der Waals surface area contributed by atoms with E-state index in [2.05, 4.69) is 0 Å². The van der Waals surface area contributed by atoms with Crippen molar-refractivity contribution >= 4 is 19.7 Å². The van der Waals surface area contributed by atoms with E-state index in [1.165, 1.54) is 7.11 Å². The van der Waals surface area contributed by atoms with Gasteiger partial charge in [-0.2, -0.15) is 0 Å². The van der Waals surface area contributed by atoms with E-state index in [9.17, 15) is 8.42 Å². The maximum absolute atomic E-state index is 10.6. The van der Waals surface area contributed by atoms with Crippen molar-refractivity contribution in [2.75, 3.05) is 7.11 Å². The Bertz CT molecular complexity index is 204. The van der Waals surface area contributed by atoms with E-state index in [0.717, 1.165) is 0 Å². The molecular formula is C4H7ClO3S. The molecule has 1 saturated carbocycles. The monoisotopic (exact) mass is 170 g/mol. The highest BCUT2D eigenvalue weighted by Crippen LogP contribution is 2.45. The van der Waals surface area contributed by atoms with Crippen LogP contribution in [0.1, 0.15) is 12.8 Å². The Morgan fingerprint density at radius 1 is 1.56 bits per heavy atom. The first-order chi connectivity index (χ1) is 4.02. The smallest absolute Gasteiger partial charge is 0.262 e. The van der Waals surface area contributed by atoms with Crippen molar-refractivity contribution < 1.29 is 13.2 Å². The molecule has 5 heteroatoms. The highest BCUT2D eigenvalue weighted by Gasteiger charge is 2.54. The topological polar surface area (TPSA) is 43.4 Å². The summed E-state index contributed by atoms with van der Waals surface area (Å²) < 4.78 is 25.9. The van der Waals surface area contributed by atoms with Crippen LogP contribution in [0.25, 0.3) is 0 Å². The predicted molar refractivity (Wildman–Crippen MR) is 33.7 cm³/mol. The average molecular weight is 171 g/mol. The zero-order chi connectivity index (χ0) is 7.12. The van der Waals surface area contributed by atoms with Crippen molar-refractivity contribution in [2.45, 2.75) is 17.8 Å². The van der Waals surface area contributed by atoms with E-state index in [0.29, 0.717) is 12.8 Å². The summed E-state index contributed by atoms with van der Waals surface area (Å²) in [6, 6.07) is 0. The van der Waals surface area contributed by atoms with E-state index in [1.807, 2.05) is 0 Å². The van der Waals surface area contributed by atoms with Gasteiger partial charge in [0.25, 0.3) is 9.05 Å². The number of rotatable bonds is 2. The van der Waals surface area contributed by atoms with Gasteiger partial charge in [0.1, 0.15) is 0 Å². The van der Waals surface area contributed by atoms with Crippen LogP contribution in [0.15, 0.2) is 0 Å². The van der Waals surface area contributed by atoms with Crippen molar-refractivity contribution in [3.63, 3.8) is 0 Å². The number of methoxy groups -OCH3 is 1. The average Bonchev–Trinajstić information content (AvgIpc) is 2.40. The lowest BCUT2D eigenvalue weighted by atomic mass is 10.8. The molecule has 0 aliphatic heterocycles. The minimum atomic E-state index is -3.49. The SMILES string of the molecule is COC1(S(=O)(=O)Cl)CC1. The van der Waals surface area contributed by atoms with Gasteiger partial charge in [-0.05, 0) is 12.8 Å². The van der Waals surface area contributed by atoms with Crippen molar-refractivity contribution in [3.05, 3.63) is 0 Å². The molecule has 0 aromatic heterocycles. The fraction of sp³-hybridized carbons (Fsp3) is 1.00. The van der Waals surface area contributed by atoms with E-state index in [4.69, 9.17) is 15.4 Å². The molecule has 0 spiro atoms. The summed E-state index contributed by atoms with van der Waals surface area (Å²) in [5, 5.41) is 0. The lowest BCUT2D eigenvalue weighted by molar-refractivity contribution is 0.148. The molecule has 0 N–H and O–H groups in total. The molecule has 3 nitrogen and oxygen atoms in total. The van der Waals surface area contributed by atoms with E-state index in [1.54, 1.807) is 0 Å². The summed E-state index contributed by atoms with van der Waals surface area (Å²) in [4.78, 5) is -1.03. The summed E-state index contributed by atoms with van der Waals surface area (Å²) in [5.74, 6) is 0. The van der Waals surface area contributed by atoms with Gasteiger partial charge in [0.2, 0.25) is 0 Å². The number of ether oxygens (including phenoxy) is 1. The van der Waals surface area contributed by atoms with Gasteiger partial charge in [0.15, 0.2) is 4.93 Å². The van der Waals surface area contributed by atoms with Gasteiger partial charge in [-0.3, -0.25) is 0 Å². The second kappa shape index (κ2) is 1.84. The Labute approximate surface area is 58.4 Å². The Morgan fingerprint density at radius 3 is 2.00 bits per heavy atom. The van der Waals surface area contributed by atoms with Crippen molar-refractivity contribution in [2.24, 2.45) is 0 Å². The second-order valence-corrected chi connectivity index (χ2v) is 4.89. The predicted octanol–water partition coefficient (Wildman–Crippen LogP) is 0.692. The molecule has 1 rings (SSSR count). The first-order valence-electron chi connectivity index (χ1n) is 2.51. The van der Waals surface area contributed by atoms with Gasteiger partial charge >= 0.3 is 0 Å². The van der Waals surface area contributed by atoms with Crippen LogP contribution >= 0.6 is 10.7 Å². The van der Waals surface area contributed by atoms with E-state index < -0.39 is 14.0 Å². The lowest BCUT2D eigenvalue weighted by Gasteiger charge is -2.06. The van der Waals surface area contributed by atoms with Crippen molar-refractivity contribution in [1.82, 2.24) is 0 Å². The molecule has 0 bridgehead atoms. The normalized spacial score (nSPS) is 23.8. The van der Waals surface area contributed by atoms with Crippen LogP contribution in [0.2, 0.25) is 0 Å². The molecule has 1 aliphatic rings. The Kier molecular flexibility index (Phi) is 1.49. The standard InChI is InChI=1S/C4H7ClO3S/c1-8-4(2-3-4)9(5,6)7/h2-3H2,1H3. The first-order valence-corrected chi connectivity index (χ1v) is 4.82. The molecule has 0 aromatic rings. The molecule has 0 heterocycles. The quantitative estimate of drug-likeness (QED) is 0.573. The van der Waals surface area contributed by atoms with Gasteiger partial charge in [-0.15, -0.1) is 0 Å². The number of hydrogen-bond acceptors (Lipinski definition) is 3. The lowest BCUT2D eigenvalue weighted by Crippen LogP contribution is -2.19. The molecule has 0 amide bonds. The van der Waals surface area contributed by atoms with Crippen LogP contribution < -0.4 is 0 Å². The number of halogens is 1. The molecule has 0 aromatic carbocycles. The first kappa shape index (κ1) is 7.31. The molecule has 0 radical (unpaired) electrons. The second-order valence-electron chi connectivity index (χ2n) is 2.05. The molecule has 0 unspecified atom stereocenters. The molecule has 1 aliphatic carbocycles. The van der Waals surface area contributed by atoms with Gasteiger partial charge in [0.05, 0.1) is 0 Å². The van der Waals surface area contributed by atoms with Gasteiger partial charge in [0, 0.05) is 17.8 Å². The summed E-state index contributed by atoms with van der Waals surface area (Å²) in [6.07, 6.45) is 1.05. The third-order valence-corrected chi connectivity index (χ3v) is 3.78. The van der Waals surface area contributed by atoms with Crippen LogP contribution in [0.5, 0.6) is 0 Å². The highest BCUT2D eigenvalue weighted by atomic mass is 35.7. The molecule has 0 saturated heterocycles. The highest BCUT2D eigenvalue weighted by molar-refractivity contribution is 8.14. The van der Waals surface area contributed by atoms with Crippen LogP contribution in [0.3, 0.4) is 0 Å². The van der Waals surface area contributed by atoms with Gasteiger partial charge in [-0.1, -0.05) is 0 Å². The van der Waals surface area contributed by atoms with Crippen molar-refractivity contribution in [1.29, 1.82) is 0 Å². The third-order valence-electron chi connectivity index (χ3n) is 1.47. The summed E-state index contributed by atoms with van der Waals surface area (Å²) >= 11 is 0. The van der Waals surface area contributed by atoms with Crippen molar-refractivity contribution in [3.8, 4) is 0 Å². The Morgan fingerprint density at radius 2 is 2.00 bits per heavy atom. The van der Waals surface area contributed by atoms with Gasteiger partial charge < -0.3 is 4.74 Å². The summed E-state index contributed by atoms with van der Waals surface area (Å²) in [6.45, 7) is 0. The maximum atomic E-state index is 10.6. The summed E-state index contributed by atoms with van der Waals surface area (Å²) in [5.41, 5.74) is 0. The van der Waals surface area contributed by atoms with E-state index in [-0.39, 0.29) is 0 Å². The molecule has 1 fully saturated rings. The van der Waals surface area contributed by atoms with Crippen LogP contribution in [-0.4, -0.2) is 20.5 Å². The Balaban J connectivity index is 2.85. The fourth-order valence-corrected chi connectivity index (χ4v) is 2.09. The molecular weight excluding hydrogens is 164 g/mol. The molecule has 54 valence electrons. The third kappa shape index (κ3) is 1.07. The molecule has 9 heavy (non-hydrogen) atoms. The van der Waals surface area contributed by atoms with Crippen LogP contribution in [-0.2, 0) is 13.8 Å². The maximum Gasteiger partial charge on any atom is 0.262 e. The largest absolute Gasteiger partial charge is 0.361 e. The Hall–Kier alpha value is 0.200. The summed E-state index contributed by atoms with van der Waals surface area (Å²) in [7, 11) is 2.90. The van der Waals surface area contributed by atoms with E-state index >= 15 is 0 Å².